The predicted octanol–water partition coefficient (Wildman–Crippen LogP) is 1.33. The molecule has 0 aliphatic carbocycles. The van der Waals surface area contributed by atoms with Crippen molar-refractivity contribution in [2.24, 2.45) is 5.92 Å². The lowest BCUT2D eigenvalue weighted by Gasteiger charge is -2.55. The molecule has 0 spiro atoms. The van der Waals surface area contributed by atoms with Crippen LogP contribution in [-0.4, -0.2) is 36.7 Å². The number of rotatable bonds is 0. The number of nitrogens with one attached hydrogen (secondary N) is 1. The summed E-state index contributed by atoms with van der Waals surface area (Å²) in [4.78, 5) is 14.4. The first-order valence-electron chi connectivity index (χ1n) is 6.95. The molecular formula is C15H18N2O2. The third-order valence-electron chi connectivity index (χ3n) is 4.82. The Morgan fingerprint density at radius 1 is 1.42 bits per heavy atom. The Hall–Kier alpha value is -1.55. The van der Waals surface area contributed by atoms with Gasteiger partial charge < -0.3 is 15.0 Å². The van der Waals surface area contributed by atoms with E-state index in [9.17, 15) is 4.79 Å². The van der Waals surface area contributed by atoms with Gasteiger partial charge in [0.15, 0.2) is 5.72 Å². The smallest absolute Gasteiger partial charge is 0.223 e. The number of fused-ring (bicyclic) bond motifs is 2. The third-order valence-corrected chi connectivity index (χ3v) is 4.82. The molecule has 0 aromatic heterocycles. The molecule has 3 atom stereocenters. The van der Waals surface area contributed by atoms with Crippen molar-refractivity contribution in [3.05, 3.63) is 29.8 Å². The van der Waals surface area contributed by atoms with Gasteiger partial charge in [0.1, 0.15) is 5.75 Å². The van der Waals surface area contributed by atoms with E-state index in [0.717, 1.165) is 25.3 Å². The molecule has 2 fully saturated rings. The number of carbonyl (C=O) groups is 1. The molecule has 19 heavy (non-hydrogen) atoms. The zero-order valence-corrected chi connectivity index (χ0v) is 11.1. The van der Waals surface area contributed by atoms with Crippen molar-refractivity contribution < 1.29 is 9.53 Å². The van der Waals surface area contributed by atoms with Crippen LogP contribution < -0.4 is 10.1 Å². The molecule has 0 radical (unpaired) electrons. The van der Waals surface area contributed by atoms with E-state index < -0.39 is 5.72 Å². The Morgan fingerprint density at radius 3 is 3.16 bits per heavy atom. The average molecular weight is 258 g/mol. The number of benzene rings is 1. The van der Waals surface area contributed by atoms with Crippen LogP contribution in [0.3, 0.4) is 0 Å². The van der Waals surface area contributed by atoms with Gasteiger partial charge in [-0.3, -0.25) is 4.79 Å². The number of likely N-dealkylation sites (tertiary alicyclic amines) is 1. The van der Waals surface area contributed by atoms with E-state index in [-0.39, 0.29) is 5.91 Å². The fraction of sp³-hybridized carbons (Fsp3) is 0.533. The number of amides is 1. The highest BCUT2D eigenvalue weighted by molar-refractivity contribution is 5.80. The van der Waals surface area contributed by atoms with E-state index in [0.29, 0.717) is 18.3 Å². The summed E-state index contributed by atoms with van der Waals surface area (Å²) in [6.07, 6.45) is 1.45. The van der Waals surface area contributed by atoms with Gasteiger partial charge in [0, 0.05) is 37.8 Å². The third kappa shape index (κ3) is 1.53. The van der Waals surface area contributed by atoms with Crippen molar-refractivity contribution in [3.63, 3.8) is 0 Å². The number of para-hydroxylation sites is 1. The van der Waals surface area contributed by atoms with Crippen LogP contribution in [0.2, 0.25) is 0 Å². The standard InChI is InChI=1S/C15H18N2O2/c1-17-7-6-15-12(9-17)11(8-14(18)16-15)10-4-2-3-5-13(10)19-15/h2-5,11-12H,6-9H2,1H3,(H,16,18)/t11-,12+,15+/m1/s1. The van der Waals surface area contributed by atoms with Crippen LogP contribution in [0, 0.1) is 5.92 Å². The maximum absolute atomic E-state index is 12.0. The first-order chi connectivity index (χ1) is 9.18. The summed E-state index contributed by atoms with van der Waals surface area (Å²) < 4.78 is 6.25. The van der Waals surface area contributed by atoms with Gasteiger partial charge in [-0.05, 0) is 18.7 Å². The van der Waals surface area contributed by atoms with Crippen molar-refractivity contribution in [3.8, 4) is 5.75 Å². The van der Waals surface area contributed by atoms with Gasteiger partial charge in [-0.25, -0.2) is 0 Å². The van der Waals surface area contributed by atoms with Crippen molar-refractivity contribution in [2.75, 3.05) is 20.1 Å². The van der Waals surface area contributed by atoms with Gasteiger partial charge in [-0.15, -0.1) is 0 Å². The number of carbonyl (C=O) groups excluding carboxylic acids is 1. The molecule has 0 saturated carbocycles. The first kappa shape index (κ1) is 11.3. The van der Waals surface area contributed by atoms with Crippen LogP contribution in [0.4, 0.5) is 0 Å². The highest BCUT2D eigenvalue weighted by Crippen LogP contribution is 2.50. The molecule has 1 amide bonds. The van der Waals surface area contributed by atoms with E-state index in [1.54, 1.807) is 0 Å². The van der Waals surface area contributed by atoms with Crippen LogP contribution in [0.25, 0.3) is 0 Å². The molecule has 1 N–H and O–H groups in total. The zero-order chi connectivity index (χ0) is 13.0. The minimum Gasteiger partial charge on any atom is -0.467 e. The normalized spacial score (nSPS) is 36.8. The fourth-order valence-electron chi connectivity index (χ4n) is 3.91. The molecule has 2 saturated heterocycles. The molecule has 1 aromatic carbocycles. The predicted molar refractivity (Wildman–Crippen MR) is 70.9 cm³/mol. The van der Waals surface area contributed by atoms with Crippen molar-refractivity contribution in [1.29, 1.82) is 0 Å². The van der Waals surface area contributed by atoms with Crippen LogP contribution in [0.1, 0.15) is 24.3 Å². The minimum absolute atomic E-state index is 0.125. The highest BCUT2D eigenvalue weighted by Gasteiger charge is 2.56. The second-order valence-electron chi connectivity index (χ2n) is 6.01. The molecule has 3 aliphatic rings. The molecule has 4 heteroatoms. The van der Waals surface area contributed by atoms with Gasteiger partial charge in [0.25, 0.3) is 0 Å². The van der Waals surface area contributed by atoms with Crippen molar-refractivity contribution in [1.82, 2.24) is 10.2 Å². The van der Waals surface area contributed by atoms with Crippen molar-refractivity contribution in [2.45, 2.75) is 24.5 Å². The summed E-state index contributed by atoms with van der Waals surface area (Å²) in [5.41, 5.74) is 0.731. The van der Waals surface area contributed by atoms with Gasteiger partial charge in [0.2, 0.25) is 5.91 Å². The van der Waals surface area contributed by atoms with Gasteiger partial charge in [-0.2, -0.15) is 0 Å². The van der Waals surface area contributed by atoms with Crippen molar-refractivity contribution >= 4 is 5.91 Å². The Bertz CT molecular complexity index is 545. The fourth-order valence-corrected chi connectivity index (χ4v) is 3.91. The molecule has 4 nitrogen and oxygen atoms in total. The zero-order valence-electron chi connectivity index (χ0n) is 11.1. The molecule has 2 bridgehead atoms. The summed E-state index contributed by atoms with van der Waals surface area (Å²) in [6.45, 7) is 1.95. The van der Waals surface area contributed by atoms with Crippen LogP contribution in [0.5, 0.6) is 5.75 Å². The number of nitrogens with zero attached hydrogens (tertiary/aromatic N) is 1. The highest BCUT2D eigenvalue weighted by atomic mass is 16.5. The lowest BCUT2D eigenvalue weighted by Crippen LogP contribution is -2.69. The SMILES string of the molecule is CN1CC[C@]23NC(=O)C[C@H](c4ccccc4O2)[C@@H]3C1. The molecule has 100 valence electrons. The topological polar surface area (TPSA) is 41.6 Å². The monoisotopic (exact) mass is 258 g/mol. The molecular weight excluding hydrogens is 240 g/mol. The second kappa shape index (κ2) is 3.73. The Morgan fingerprint density at radius 2 is 2.26 bits per heavy atom. The van der Waals surface area contributed by atoms with Gasteiger partial charge in [-0.1, -0.05) is 18.2 Å². The lowest BCUT2D eigenvalue weighted by atomic mass is 9.69. The quantitative estimate of drug-likeness (QED) is 0.763. The van der Waals surface area contributed by atoms with E-state index in [2.05, 4.69) is 23.3 Å². The lowest BCUT2D eigenvalue weighted by molar-refractivity contribution is -0.152. The second-order valence-corrected chi connectivity index (χ2v) is 6.01. The Balaban J connectivity index is 1.85. The van der Waals surface area contributed by atoms with E-state index in [1.807, 2.05) is 18.2 Å². The number of piperidine rings is 2. The Kier molecular flexibility index (Phi) is 2.22. The van der Waals surface area contributed by atoms with Crippen LogP contribution in [-0.2, 0) is 4.79 Å². The molecule has 3 heterocycles. The van der Waals surface area contributed by atoms with E-state index in [4.69, 9.17) is 4.74 Å². The number of ether oxygens (including phenoxy) is 1. The molecule has 4 rings (SSSR count). The van der Waals surface area contributed by atoms with E-state index >= 15 is 0 Å². The number of hydrogen-bond donors (Lipinski definition) is 1. The largest absolute Gasteiger partial charge is 0.467 e. The average Bonchev–Trinajstić information content (AvgIpc) is 2.38. The molecule has 1 aromatic rings. The molecule has 0 unspecified atom stereocenters. The van der Waals surface area contributed by atoms with Crippen LogP contribution in [0.15, 0.2) is 24.3 Å². The summed E-state index contributed by atoms with van der Waals surface area (Å²) in [5.74, 6) is 1.73. The minimum atomic E-state index is -0.471. The Labute approximate surface area is 112 Å². The summed E-state index contributed by atoms with van der Waals surface area (Å²) in [5, 5.41) is 3.14. The van der Waals surface area contributed by atoms with Crippen LogP contribution >= 0.6 is 0 Å². The van der Waals surface area contributed by atoms with E-state index in [1.165, 1.54) is 5.56 Å². The summed E-state index contributed by atoms with van der Waals surface area (Å²) in [7, 11) is 2.14. The molecule has 3 aliphatic heterocycles. The maximum atomic E-state index is 12.0. The summed E-state index contributed by atoms with van der Waals surface area (Å²) >= 11 is 0. The van der Waals surface area contributed by atoms with Gasteiger partial charge >= 0.3 is 0 Å². The van der Waals surface area contributed by atoms with Gasteiger partial charge in [0.05, 0.1) is 0 Å². The number of hydrogen-bond acceptors (Lipinski definition) is 3. The maximum Gasteiger partial charge on any atom is 0.223 e. The summed E-state index contributed by atoms with van der Waals surface area (Å²) in [6, 6.07) is 8.17. The first-order valence-corrected chi connectivity index (χ1v) is 6.95.